The van der Waals surface area contributed by atoms with E-state index in [2.05, 4.69) is 15.9 Å². The lowest BCUT2D eigenvalue weighted by atomic mass is 10.0. The topological polar surface area (TPSA) is 110 Å². The van der Waals surface area contributed by atoms with Gasteiger partial charge in [0.15, 0.2) is 5.78 Å². The molecule has 3 aromatic carbocycles. The first-order valence-corrected chi connectivity index (χ1v) is 12.3. The fourth-order valence-corrected chi connectivity index (χ4v) is 4.00. The second-order valence-electron chi connectivity index (χ2n) is 9.18. The summed E-state index contributed by atoms with van der Waals surface area (Å²) < 4.78 is 6.14. The number of amides is 3. The maximum absolute atomic E-state index is 13.7. The number of nitrogens with zero attached hydrogens (tertiary/aromatic N) is 2. The number of nitrogens with two attached hydrogens (primary N) is 1. The van der Waals surface area contributed by atoms with E-state index in [1.807, 2.05) is 0 Å². The number of urea groups is 1. The number of benzene rings is 3. The molecule has 0 aromatic heterocycles. The van der Waals surface area contributed by atoms with Crippen LogP contribution in [0.3, 0.4) is 0 Å². The molecule has 0 aliphatic heterocycles. The van der Waals surface area contributed by atoms with Crippen LogP contribution in [0.5, 0.6) is 0 Å². The van der Waals surface area contributed by atoms with Crippen LogP contribution < -0.4 is 15.5 Å². The number of rotatable bonds is 8. The summed E-state index contributed by atoms with van der Waals surface area (Å²) in [5, 5.41) is 0. The predicted octanol–water partition coefficient (Wildman–Crippen LogP) is 4.94. The minimum absolute atomic E-state index is 0.214. The molecule has 0 saturated carbocycles. The van der Waals surface area contributed by atoms with E-state index in [9.17, 15) is 19.2 Å². The van der Waals surface area contributed by atoms with Gasteiger partial charge in [-0.05, 0) is 51.1 Å². The maximum Gasteiger partial charge on any atom is 0.326 e. The van der Waals surface area contributed by atoms with Gasteiger partial charge in [0.05, 0.1) is 5.69 Å². The summed E-state index contributed by atoms with van der Waals surface area (Å²) in [6.07, 6.45) is 0. The van der Waals surface area contributed by atoms with Crippen LogP contribution in [0.25, 0.3) is 0 Å². The summed E-state index contributed by atoms with van der Waals surface area (Å²) in [5.41, 5.74) is 6.06. The smallest absolute Gasteiger partial charge is 0.326 e. The molecule has 0 heterocycles. The van der Waals surface area contributed by atoms with Crippen LogP contribution in [0.1, 0.15) is 36.7 Å². The molecule has 0 saturated heterocycles. The molecule has 0 aliphatic rings. The summed E-state index contributed by atoms with van der Waals surface area (Å²) in [7, 11) is 0. The number of anilines is 2. The molecule has 3 amide bonds. The number of hydrogen-bond donors (Lipinski definition) is 1. The molecular formula is C28H28BrN3O5. The Morgan fingerprint density at radius 3 is 2.11 bits per heavy atom. The van der Waals surface area contributed by atoms with Gasteiger partial charge in [-0.3, -0.25) is 24.2 Å². The minimum Gasteiger partial charge on any atom is -0.459 e. The number of para-hydroxylation sites is 1. The third kappa shape index (κ3) is 7.50. The maximum atomic E-state index is 13.7. The zero-order chi connectivity index (χ0) is 27.2. The van der Waals surface area contributed by atoms with Crippen molar-refractivity contribution in [3.63, 3.8) is 0 Å². The van der Waals surface area contributed by atoms with Crippen molar-refractivity contribution in [3.05, 3.63) is 94.5 Å². The number of carbonyl (C=O) groups excluding carboxylic acids is 4. The van der Waals surface area contributed by atoms with E-state index in [0.29, 0.717) is 15.7 Å². The van der Waals surface area contributed by atoms with Gasteiger partial charge in [-0.25, -0.2) is 4.79 Å². The molecule has 2 N–H and O–H groups in total. The Labute approximate surface area is 224 Å². The number of carbonyl (C=O) groups is 4. The van der Waals surface area contributed by atoms with Gasteiger partial charge in [0.2, 0.25) is 5.91 Å². The molecule has 0 bridgehead atoms. The molecular weight excluding hydrogens is 538 g/mol. The van der Waals surface area contributed by atoms with E-state index in [4.69, 9.17) is 10.5 Å². The Bertz CT molecular complexity index is 1300. The van der Waals surface area contributed by atoms with Crippen LogP contribution in [0.4, 0.5) is 16.2 Å². The first-order valence-electron chi connectivity index (χ1n) is 11.5. The lowest BCUT2D eigenvalue weighted by Crippen LogP contribution is -2.47. The van der Waals surface area contributed by atoms with E-state index >= 15 is 0 Å². The summed E-state index contributed by atoms with van der Waals surface area (Å²) in [6.45, 7) is 4.20. The summed E-state index contributed by atoms with van der Waals surface area (Å²) >= 11 is 3.35. The van der Waals surface area contributed by atoms with Gasteiger partial charge in [-0.2, -0.15) is 0 Å². The third-order valence-corrected chi connectivity index (χ3v) is 5.66. The zero-order valence-corrected chi connectivity index (χ0v) is 22.4. The van der Waals surface area contributed by atoms with E-state index in [-0.39, 0.29) is 17.0 Å². The largest absolute Gasteiger partial charge is 0.459 e. The zero-order valence-electron chi connectivity index (χ0n) is 20.8. The van der Waals surface area contributed by atoms with Gasteiger partial charge in [0, 0.05) is 21.3 Å². The van der Waals surface area contributed by atoms with Gasteiger partial charge in [0.1, 0.15) is 18.7 Å². The first kappa shape index (κ1) is 27.6. The highest BCUT2D eigenvalue weighted by Crippen LogP contribution is 2.26. The van der Waals surface area contributed by atoms with Crippen molar-refractivity contribution in [2.24, 2.45) is 5.73 Å². The Kier molecular flexibility index (Phi) is 8.83. The van der Waals surface area contributed by atoms with Crippen LogP contribution in [-0.2, 0) is 14.3 Å². The highest BCUT2D eigenvalue weighted by Gasteiger charge is 2.29. The summed E-state index contributed by atoms with van der Waals surface area (Å²) in [5.74, 6) is -1.62. The average Bonchev–Trinajstić information content (AvgIpc) is 2.84. The van der Waals surface area contributed by atoms with Gasteiger partial charge in [0.25, 0.3) is 0 Å². The SMILES string of the molecule is CC(C)(C)OC(=O)CN(C(=O)CN(C(N)=O)c1cccc(Br)c1)c1ccccc1C(=O)c1ccccc1. The number of hydrogen-bond acceptors (Lipinski definition) is 5. The molecule has 0 fully saturated rings. The monoisotopic (exact) mass is 565 g/mol. The van der Waals surface area contributed by atoms with Gasteiger partial charge < -0.3 is 10.5 Å². The fraction of sp³-hybridized carbons (Fsp3) is 0.214. The number of primary amides is 1. The van der Waals surface area contributed by atoms with E-state index in [0.717, 1.165) is 9.80 Å². The molecule has 8 nitrogen and oxygen atoms in total. The molecule has 192 valence electrons. The molecule has 0 radical (unpaired) electrons. The van der Waals surface area contributed by atoms with Crippen molar-refractivity contribution < 1.29 is 23.9 Å². The van der Waals surface area contributed by atoms with Crippen molar-refractivity contribution in [1.82, 2.24) is 0 Å². The van der Waals surface area contributed by atoms with Crippen LogP contribution >= 0.6 is 15.9 Å². The molecule has 3 rings (SSSR count). The number of ether oxygens (including phenoxy) is 1. The predicted molar refractivity (Wildman–Crippen MR) is 146 cm³/mol. The number of halogens is 1. The lowest BCUT2D eigenvalue weighted by molar-refractivity contribution is -0.153. The van der Waals surface area contributed by atoms with Crippen LogP contribution in [0.2, 0.25) is 0 Å². The standard InChI is InChI=1S/C28H28BrN3O5/c1-28(2,3)37-25(34)18-32(24(33)17-31(27(30)36)21-13-9-12-20(29)16-21)23-15-8-7-14-22(23)26(35)19-10-5-4-6-11-19/h4-16H,17-18H2,1-3H3,(H2,30,36). The molecule has 0 unspecified atom stereocenters. The molecule has 0 atom stereocenters. The average molecular weight is 566 g/mol. The van der Waals surface area contributed by atoms with E-state index in [1.165, 1.54) is 0 Å². The number of esters is 1. The van der Waals surface area contributed by atoms with Gasteiger partial charge >= 0.3 is 12.0 Å². The third-order valence-electron chi connectivity index (χ3n) is 5.16. The van der Waals surface area contributed by atoms with Crippen LogP contribution in [-0.4, -0.2) is 42.4 Å². The first-order chi connectivity index (χ1) is 17.5. The van der Waals surface area contributed by atoms with Crippen molar-refractivity contribution >= 4 is 51.0 Å². The second-order valence-corrected chi connectivity index (χ2v) is 10.1. The van der Waals surface area contributed by atoms with Gasteiger partial charge in [-0.15, -0.1) is 0 Å². The lowest BCUT2D eigenvalue weighted by Gasteiger charge is -2.29. The van der Waals surface area contributed by atoms with Crippen LogP contribution in [0.15, 0.2) is 83.3 Å². The fourth-order valence-electron chi connectivity index (χ4n) is 3.62. The Morgan fingerprint density at radius 1 is 0.838 bits per heavy atom. The van der Waals surface area contributed by atoms with E-state index in [1.54, 1.807) is 99.6 Å². The highest BCUT2D eigenvalue weighted by atomic mass is 79.9. The Morgan fingerprint density at radius 2 is 1.49 bits per heavy atom. The summed E-state index contributed by atoms with van der Waals surface area (Å²) in [6, 6.07) is 21.0. The Balaban J connectivity index is 2.03. The normalized spacial score (nSPS) is 10.9. The molecule has 3 aromatic rings. The van der Waals surface area contributed by atoms with E-state index < -0.39 is 36.6 Å². The highest BCUT2D eigenvalue weighted by molar-refractivity contribution is 9.10. The van der Waals surface area contributed by atoms with Gasteiger partial charge in [-0.1, -0.05) is 64.5 Å². The summed E-state index contributed by atoms with van der Waals surface area (Å²) in [4.78, 5) is 54.4. The van der Waals surface area contributed by atoms with Crippen molar-refractivity contribution in [3.8, 4) is 0 Å². The molecule has 0 aliphatic carbocycles. The van der Waals surface area contributed by atoms with Crippen molar-refractivity contribution in [2.45, 2.75) is 26.4 Å². The molecule has 37 heavy (non-hydrogen) atoms. The van der Waals surface area contributed by atoms with Crippen molar-refractivity contribution in [1.29, 1.82) is 0 Å². The minimum atomic E-state index is -0.850. The van der Waals surface area contributed by atoms with Crippen molar-refractivity contribution in [2.75, 3.05) is 22.9 Å². The molecule has 9 heteroatoms. The quantitative estimate of drug-likeness (QED) is 0.307. The number of ketones is 1. The second kappa shape index (κ2) is 11.8. The molecule has 0 spiro atoms. The van der Waals surface area contributed by atoms with Crippen LogP contribution in [0, 0.1) is 0 Å². The Hall–Kier alpha value is -3.98.